The first-order valence-corrected chi connectivity index (χ1v) is 10.4. The molecule has 2 aromatic carbocycles. The molecule has 0 aliphatic heterocycles. The summed E-state index contributed by atoms with van der Waals surface area (Å²) in [4.78, 5) is 13.1. The number of benzene rings is 2. The number of halogens is 1. The maximum Gasteiger partial charge on any atom is 0.314 e. The van der Waals surface area contributed by atoms with E-state index in [4.69, 9.17) is 4.74 Å². The quantitative estimate of drug-likeness (QED) is 0.599. The van der Waals surface area contributed by atoms with Gasteiger partial charge in [0, 0.05) is 5.56 Å². The molecule has 1 heterocycles. The highest BCUT2D eigenvalue weighted by atomic mass is 32.2. The molecule has 0 radical (unpaired) electrons. The maximum atomic E-state index is 13.2. The molecule has 1 aromatic heterocycles. The lowest BCUT2D eigenvalue weighted by Crippen LogP contribution is -2.24. The third-order valence-electron chi connectivity index (χ3n) is 4.14. The highest BCUT2D eigenvalue weighted by molar-refractivity contribution is 7.71. The van der Waals surface area contributed by atoms with Gasteiger partial charge in [-0.1, -0.05) is 38.1 Å². The summed E-state index contributed by atoms with van der Waals surface area (Å²) in [6.07, 6.45) is 1.52. The van der Waals surface area contributed by atoms with Crippen LogP contribution in [0.1, 0.15) is 19.4 Å². The predicted molar refractivity (Wildman–Crippen MR) is 110 cm³/mol. The molecule has 0 atom stereocenters. The minimum Gasteiger partial charge on any atom is -0.487 e. The van der Waals surface area contributed by atoms with E-state index < -0.39 is 22.1 Å². The van der Waals surface area contributed by atoms with Gasteiger partial charge >= 0.3 is 5.56 Å². The second-order valence-electron chi connectivity index (χ2n) is 6.97. The van der Waals surface area contributed by atoms with Crippen LogP contribution in [0, 0.1) is 11.7 Å². The van der Waals surface area contributed by atoms with Crippen LogP contribution in [0.4, 0.5) is 4.39 Å². The molecule has 0 aliphatic carbocycles. The summed E-state index contributed by atoms with van der Waals surface area (Å²) >= 11 is 0. The van der Waals surface area contributed by atoms with Crippen molar-refractivity contribution in [3.63, 3.8) is 0 Å². The number of ether oxygens (including phenoxy) is 1. The smallest absolute Gasteiger partial charge is 0.314 e. The average molecular weight is 416 g/mol. The van der Waals surface area contributed by atoms with E-state index in [1.807, 2.05) is 13.8 Å². The Morgan fingerprint density at radius 1 is 1.07 bits per heavy atom. The molecule has 0 amide bonds. The molecule has 8 heteroatoms. The Bertz CT molecular complexity index is 1110. The van der Waals surface area contributed by atoms with Crippen molar-refractivity contribution in [1.82, 2.24) is 9.78 Å². The number of nitrogens with zero attached hydrogens (tertiary/aromatic N) is 2. The van der Waals surface area contributed by atoms with Gasteiger partial charge in [0.2, 0.25) is 0 Å². The molecule has 0 spiro atoms. The fourth-order valence-electron chi connectivity index (χ4n) is 2.74. The molecule has 0 unspecified atom stereocenters. The topological polar surface area (TPSA) is 78.3 Å². The number of hydrogen-bond acceptors (Lipinski definition) is 5. The van der Waals surface area contributed by atoms with Crippen LogP contribution in [0.25, 0.3) is 16.8 Å². The van der Waals surface area contributed by atoms with Gasteiger partial charge in [-0.15, -0.1) is 0 Å². The average Bonchev–Trinajstić information content (AvgIpc) is 2.68. The molecule has 6 nitrogen and oxygen atoms in total. The minimum absolute atomic E-state index is 0.0449. The van der Waals surface area contributed by atoms with Gasteiger partial charge in [-0.05, 0) is 41.3 Å². The molecular formula is C21H21FN2O4S. The van der Waals surface area contributed by atoms with Gasteiger partial charge in [-0.25, -0.2) is 12.8 Å². The van der Waals surface area contributed by atoms with E-state index in [0.29, 0.717) is 29.0 Å². The predicted octanol–water partition coefficient (Wildman–Crippen LogP) is 3.18. The van der Waals surface area contributed by atoms with Gasteiger partial charge in [-0.2, -0.15) is 9.78 Å². The third kappa shape index (κ3) is 5.08. The zero-order chi connectivity index (χ0) is 21.0. The Balaban J connectivity index is 2.07. The van der Waals surface area contributed by atoms with Crippen molar-refractivity contribution in [3.8, 4) is 22.6 Å². The Hall–Kier alpha value is -3.00. The molecular weight excluding hydrogens is 395 g/mol. The van der Waals surface area contributed by atoms with E-state index in [1.54, 1.807) is 24.3 Å². The van der Waals surface area contributed by atoms with Crippen LogP contribution in [0.15, 0.2) is 59.5 Å². The van der Waals surface area contributed by atoms with Crippen LogP contribution in [-0.2, 0) is 16.5 Å². The number of aromatic nitrogens is 2. The largest absolute Gasteiger partial charge is 0.487 e. The van der Waals surface area contributed by atoms with E-state index in [-0.39, 0.29) is 17.4 Å². The van der Waals surface area contributed by atoms with Crippen molar-refractivity contribution in [2.24, 2.45) is 5.92 Å². The molecule has 3 aromatic rings. The first-order chi connectivity index (χ1) is 13.8. The van der Waals surface area contributed by atoms with Crippen molar-refractivity contribution in [1.29, 1.82) is 0 Å². The second-order valence-corrected chi connectivity index (χ2v) is 7.96. The molecule has 152 valence electrons. The zero-order valence-corrected chi connectivity index (χ0v) is 16.9. The normalized spacial score (nSPS) is 11.2. The van der Waals surface area contributed by atoms with Crippen LogP contribution < -0.4 is 10.3 Å². The minimum atomic E-state index is -2.51. The third-order valence-corrected chi connectivity index (χ3v) is 4.77. The van der Waals surface area contributed by atoms with E-state index in [2.05, 4.69) is 5.10 Å². The number of thiol groups is 1. The van der Waals surface area contributed by atoms with Gasteiger partial charge in [0.15, 0.2) is 5.75 Å². The Morgan fingerprint density at radius 2 is 1.72 bits per heavy atom. The Kier molecular flexibility index (Phi) is 6.43. The van der Waals surface area contributed by atoms with E-state index in [9.17, 15) is 17.6 Å². The number of hydrogen-bond donors (Lipinski definition) is 1. The first-order valence-electron chi connectivity index (χ1n) is 9.07. The van der Waals surface area contributed by atoms with Crippen LogP contribution >= 0.6 is 0 Å². The van der Waals surface area contributed by atoms with Gasteiger partial charge in [0.05, 0.1) is 24.2 Å². The monoisotopic (exact) mass is 416 g/mol. The van der Waals surface area contributed by atoms with Gasteiger partial charge in [0.25, 0.3) is 0 Å². The molecule has 3 rings (SSSR count). The van der Waals surface area contributed by atoms with Crippen LogP contribution in [0.3, 0.4) is 0 Å². The lowest BCUT2D eigenvalue weighted by Gasteiger charge is -2.15. The summed E-state index contributed by atoms with van der Waals surface area (Å²) in [5.41, 5.74) is 1.81. The van der Waals surface area contributed by atoms with Crippen LogP contribution in [-0.4, -0.2) is 24.8 Å². The summed E-state index contributed by atoms with van der Waals surface area (Å²) in [6.45, 7) is 4.28. The Labute approximate surface area is 169 Å². The van der Waals surface area contributed by atoms with Gasteiger partial charge in [-0.3, -0.25) is 4.79 Å². The summed E-state index contributed by atoms with van der Waals surface area (Å²) < 4.78 is 42.0. The molecule has 29 heavy (non-hydrogen) atoms. The first kappa shape index (κ1) is 20.7. The molecule has 0 saturated carbocycles. The van der Waals surface area contributed by atoms with Crippen molar-refractivity contribution >= 4 is 10.7 Å². The molecule has 0 aliphatic rings. The van der Waals surface area contributed by atoms with E-state index >= 15 is 0 Å². The van der Waals surface area contributed by atoms with E-state index in [1.165, 1.54) is 30.5 Å². The second kappa shape index (κ2) is 9.00. The van der Waals surface area contributed by atoms with Gasteiger partial charge in [0.1, 0.15) is 16.5 Å². The molecule has 0 N–H and O–H groups in total. The highest BCUT2D eigenvalue weighted by Gasteiger charge is 2.16. The summed E-state index contributed by atoms with van der Waals surface area (Å²) in [6, 6.07) is 12.3. The SMILES string of the molecule is CC(C)COc1c(-c2ccc(C[SH](=O)=O)cc2)cnn(-c2ccc(F)cc2)c1=O. The van der Waals surface area contributed by atoms with Crippen LogP contribution in [0.2, 0.25) is 0 Å². The highest BCUT2D eigenvalue weighted by Crippen LogP contribution is 2.27. The fourth-order valence-corrected chi connectivity index (χ4v) is 3.25. The molecule has 0 bridgehead atoms. The lowest BCUT2D eigenvalue weighted by molar-refractivity contribution is 0.267. The van der Waals surface area contributed by atoms with Crippen molar-refractivity contribution in [3.05, 3.63) is 76.5 Å². The lowest BCUT2D eigenvalue weighted by atomic mass is 10.1. The molecule has 0 fully saturated rings. The maximum absolute atomic E-state index is 13.2. The van der Waals surface area contributed by atoms with E-state index in [0.717, 1.165) is 4.68 Å². The van der Waals surface area contributed by atoms with Gasteiger partial charge < -0.3 is 4.74 Å². The summed E-state index contributed by atoms with van der Waals surface area (Å²) in [5, 5.41) is 4.22. The van der Waals surface area contributed by atoms with Crippen LogP contribution in [0.5, 0.6) is 5.75 Å². The summed E-state index contributed by atoms with van der Waals surface area (Å²) in [7, 11) is -2.51. The van der Waals surface area contributed by atoms with Crippen molar-refractivity contribution < 1.29 is 17.5 Å². The Morgan fingerprint density at radius 3 is 2.31 bits per heavy atom. The molecule has 0 saturated heterocycles. The number of rotatable bonds is 7. The summed E-state index contributed by atoms with van der Waals surface area (Å²) in [5.74, 6) is -0.114. The standard InChI is InChI=1S/C21H21FN2O4S/c1-14(2)12-28-20-19(16-5-3-15(4-6-16)13-29(26)27)11-23-24(21(20)25)18-9-7-17(22)8-10-18/h3-11,14,29H,12-13H2,1-2H3. The zero-order valence-electron chi connectivity index (χ0n) is 16.0. The van der Waals surface area contributed by atoms with Crippen molar-refractivity contribution in [2.75, 3.05) is 6.61 Å². The fraction of sp³-hybridized carbons (Fsp3) is 0.238. The van der Waals surface area contributed by atoms with Crippen molar-refractivity contribution in [2.45, 2.75) is 19.6 Å².